The van der Waals surface area contributed by atoms with E-state index in [2.05, 4.69) is 69.2 Å². The Morgan fingerprint density at radius 2 is 1.90 bits per heavy atom. The summed E-state index contributed by atoms with van der Waals surface area (Å²) in [5.74, 6) is 0.744. The Bertz CT molecular complexity index is 469. The van der Waals surface area contributed by atoms with Gasteiger partial charge in [-0.3, -0.25) is 4.99 Å². The second kappa shape index (κ2) is 6.21. The fourth-order valence-corrected chi connectivity index (χ4v) is 3.58. The summed E-state index contributed by atoms with van der Waals surface area (Å²) in [7, 11) is 0. The molecule has 1 N–H and O–H groups in total. The highest BCUT2D eigenvalue weighted by Crippen LogP contribution is 2.28. The number of hydrogen-bond acceptors (Lipinski definition) is 3. The number of thioether (sulfide) groups is 1. The lowest BCUT2D eigenvalue weighted by Crippen LogP contribution is -2.12. The van der Waals surface area contributed by atoms with Crippen LogP contribution < -0.4 is 5.32 Å². The Kier molecular flexibility index (Phi) is 4.79. The van der Waals surface area contributed by atoms with Crippen LogP contribution in [0.5, 0.6) is 0 Å². The molecule has 0 amide bonds. The van der Waals surface area contributed by atoms with E-state index in [4.69, 9.17) is 0 Å². The Morgan fingerprint density at radius 1 is 1.25 bits per heavy atom. The molecule has 0 aromatic heterocycles. The summed E-state index contributed by atoms with van der Waals surface area (Å²) in [6, 6.07) is 8.71. The first-order valence-corrected chi connectivity index (χ1v) is 8.31. The number of hydrogen-bond donors (Lipinski definition) is 1. The molecular formula is C17H26N2S. The molecule has 110 valence electrons. The van der Waals surface area contributed by atoms with Crippen molar-refractivity contribution in [3.63, 3.8) is 0 Å². The number of amidine groups is 1. The van der Waals surface area contributed by atoms with Gasteiger partial charge in [0, 0.05) is 10.9 Å². The molecule has 3 heteroatoms. The smallest absolute Gasteiger partial charge is 0.161 e. The quantitative estimate of drug-likeness (QED) is 0.855. The molecule has 2 nitrogen and oxygen atoms in total. The van der Waals surface area contributed by atoms with Gasteiger partial charge in [0.1, 0.15) is 0 Å². The van der Waals surface area contributed by atoms with E-state index in [1.54, 1.807) is 0 Å². The SMILES string of the molecule is CC(C)CC1CN=C(Nc2ccc(C(C)(C)C)cc2)S1. The van der Waals surface area contributed by atoms with E-state index in [-0.39, 0.29) is 5.41 Å². The first kappa shape index (κ1) is 15.4. The predicted octanol–water partition coefficient (Wildman–Crippen LogP) is 4.91. The van der Waals surface area contributed by atoms with Gasteiger partial charge in [0.2, 0.25) is 0 Å². The van der Waals surface area contributed by atoms with E-state index in [9.17, 15) is 0 Å². The number of aliphatic imine (C=N–C) groups is 1. The lowest BCUT2D eigenvalue weighted by molar-refractivity contribution is 0.575. The van der Waals surface area contributed by atoms with Gasteiger partial charge in [0.25, 0.3) is 0 Å². The molecule has 1 heterocycles. The first-order chi connectivity index (χ1) is 9.34. The highest BCUT2D eigenvalue weighted by Gasteiger charge is 2.20. The maximum atomic E-state index is 4.61. The monoisotopic (exact) mass is 290 g/mol. The maximum Gasteiger partial charge on any atom is 0.161 e. The van der Waals surface area contributed by atoms with Gasteiger partial charge in [0.15, 0.2) is 5.17 Å². The summed E-state index contributed by atoms with van der Waals surface area (Å²) in [6.07, 6.45) is 1.24. The van der Waals surface area contributed by atoms with E-state index < -0.39 is 0 Å². The molecule has 0 radical (unpaired) electrons. The molecule has 0 spiro atoms. The van der Waals surface area contributed by atoms with E-state index in [1.807, 2.05) is 11.8 Å². The van der Waals surface area contributed by atoms with Crippen molar-refractivity contribution in [1.29, 1.82) is 0 Å². The van der Waals surface area contributed by atoms with Crippen molar-refractivity contribution >= 4 is 22.6 Å². The lowest BCUT2D eigenvalue weighted by atomic mass is 9.87. The van der Waals surface area contributed by atoms with Crippen molar-refractivity contribution in [1.82, 2.24) is 0 Å². The van der Waals surface area contributed by atoms with Crippen LogP contribution in [0.25, 0.3) is 0 Å². The van der Waals surface area contributed by atoms with E-state index >= 15 is 0 Å². The molecule has 1 atom stereocenters. The van der Waals surface area contributed by atoms with Crippen LogP contribution in [0.15, 0.2) is 29.3 Å². The third-order valence-corrected chi connectivity index (χ3v) is 4.58. The van der Waals surface area contributed by atoms with Crippen molar-refractivity contribution in [2.24, 2.45) is 10.9 Å². The summed E-state index contributed by atoms with van der Waals surface area (Å²) in [5, 5.41) is 5.15. The molecule has 1 unspecified atom stereocenters. The van der Waals surface area contributed by atoms with Crippen molar-refractivity contribution < 1.29 is 0 Å². The fourth-order valence-electron chi connectivity index (χ4n) is 2.31. The van der Waals surface area contributed by atoms with Gasteiger partial charge >= 0.3 is 0 Å². The summed E-state index contributed by atoms with van der Waals surface area (Å²) < 4.78 is 0. The third-order valence-electron chi connectivity index (χ3n) is 3.45. The molecule has 1 aromatic rings. The van der Waals surface area contributed by atoms with Crippen molar-refractivity contribution in [2.45, 2.75) is 51.7 Å². The maximum absolute atomic E-state index is 4.61. The lowest BCUT2D eigenvalue weighted by Gasteiger charge is -2.19. The minimum absolute atomic E-state index is 0.209. The van der Waals surface area contributed by atoms with E-state index in [0.717, 1.165) is 23.3 Å². The zero-order chi connectivity index (χ0) is 14.8. The van der Waals surface area contributed by atoms with Gasteiger partial charge < -0.3 is 5.32 Å². The Balaban J connectivity index is 1.92. The van der Waals surface area contributed by atoms with Crippen LogP contribution in [0, 0.1) is 5.92 Å². The zero-order valence-corrected chi connectivity index (χ0v) is 14.1. The van der Waals surface area contributed by atoms with Gasteiger partial charge in [-0.1, -0.05) is 58.5 Å². The molecular weight excluding hydrogens is 264 g/mol. The molecule has 0 saturated heterocycles. The Labute approximate surface area is 127 Å². The second-order valence-corrected chi connectivity index (χ2v) is 8.26. The highest BCUT2D eigenvalue weighted by molar-refractivity contribution is 8.15. The van der Waals surface area contributed by atoms with Crippen LogP contribution in [-0.2, 0) is 5.41 Å². The molecule has 0 saturated carbocycles. The molecule has 1 aromatic carbocycles. The molecule has 1 aliphatic rings. The van der Waals surface area contributed by atoms with E-state index in [1.165, 1.54) is 12.0 Å². The van der Waals surface area contributed by atoms with Crippen LogP contribution >= 0.6 is 11.8 Å². The third kappa shape index (κ3) is 4.27. The first-order valence-electron chi connectivity index (χ1n) is 7.43. The van der Waals surface area contributed by atoms with Gasteiger partial charge in [-0.05, 0) is 35.4 Å². The molecule has 2 rings (SSSR count). The van der Waals surface area contributed by atoms with Crippen molar-refractivity contribution in [3.8, 4) is 0 Å². The van der Waals surface area contributed by atoms with Crippen LogP contribution in [0.4, 0.5) is 5.69 Å². The van der Waals surface area contributed by atoms with Crippen LogP contribution in [0.1, 0.15) is 46.6 Å². The van der Waals surface area contributed by atoms with Crippen molar-refractivity contribution in [2.75, 3.05) is 11.9 Å². The average molecular weight is 290 g/mol. The molecule has 0 bridgehead atoms. The van der Waals surface area contributed by atoms with Gasteiger partial charge in [0.05, 0.1) is 6.54 Å². The van der Waals surface area contributed by atoms with E-state index in [0.29, 0.717) is 5.25 Å². The molecule has 1 aliphatic heterocycles. The summed E-state index contributed by atoms with van der Waals surface area (Å²) in [5.41, 5.74) is 2.71. The normalized spacial score (nSPS) is 19.3. The standard InChI is InChI=1S/C17H26N2S/c1-12(2)10-15-11-18-16(20-15)19-14-8-6-13(7-9-14)17(3,4)5/h6-9,12,15H,10-11H2,1-5H3,(H,18,19). The Hall–Kier alpha value is -0.960. The largest absolute Gasteiger partial charge is 0.335 e. The summed E-state index contributed by atoms with van der Waals surface area (Å²) in [4.78, 5) is 4.61. The minimum Gasteiger partial charge on any atom is -0.335 e. The number of anilines is 1. The molecule has 0 fully saturated rings. The number of benzene rings is 1. The second-order valence-electron chi connectivity index (χ2n) is 6.97. The summed E-state index contributed by atoms with van der Waals surface area (Å²) in [6.45, 7) is 12.2. The number of nitrogens with zero attached hydrogens (tertiary/aromatic N) is 1. The predicted molar refractivity (Wildman–Crippen MR) is 91.9 cm³/mol. The van der Waals surface area contributed by atoms with Gasteiger partial charge in [-0.15, -0.1) is 0 Å². The van der Waals surface area contributed by atoms with Crippen LogP contribution in [-0.4, -0.2) is 17.0 Å². The van der Waals surface area contributed by atoms with Crippen LogP contribution in [0.2, 0.25) is 0 Å². The fraction of sp³-hybridized carbons (Fsp3) is 0.588. The summed E-state index contributed by atoms with van der Waals surface area (Å²) >= 11 is 1.88. The Morgan fingerprint density at radius 3 is 2.45 bits per heavy atom. The average Bonchev–Trinajstić information content (AvgIpc) is 2.75. The molecule has 0 aliphatic carbocycles. The molecule has 20 heavy (non-hydrogen) atoms. The van der Waals surface area contributed by atoms with Gasteiger partial charge in [-0.25, -0.2) is 0 Å². The van der Waals surface area contributed by atoms with Crippen molar-refractivity contribution in [3.05, 3.63) is 29.8 Å². The zero-order valence-electron chi connectivity index (χ0n) is 13.2. The number of rotatable bonds is 3. The number of nitrogens with one attached hydrogen (secondary N) is 1. The van der Waals surface area contributed by atoms with Crippen LogP contribution in [0.3, 0.4) is 0 Å². The van der Waals surface area contributed by atoms with Gasteiger partial charge in [-0.2, -0.15) is 0 Å². The highest BCUT2D eigenvalue weighted by atomic mass is 32.2. The minimum atomic E-state index is 0.209. The topological polar surface area (TPSA) is 24.4 Å².